The lowest BCUT2D eigenvalue weighted by Crippen LogP contribution is -2.61. The highest BCUT2D eigenvalue weighted by Crippen LogP contribution is 2.29. The number of hydrogen-bond donors (Lipinski definition) is 5. The summed E-state index contributed by atoms with van der Waals surface area (Å²) in [6, 6.07) is 0. The van der Waals surface area contributed by atoms with Crippen LogP contribution in [0.25, 0.3) is 10.4 Å². The Bertz CT molecular complexity index is 372. The molecule has 10 nitrogen and oxygen atoms in total. The van der Waals surface area contributed by atoms with E-state index >= 15 is 0 Å². The van der Waals surface area contributed by atoms with E-state index in [0.29, 0.717) is 0 Å². The third-order valence-electron chi connectivity index (χ3n) is 2.59. The molecular formula is C8H13N3O7. The molecule has 2 unspecified atom stereocenters. The van der Waals surface area contributed by atoms with Crippen molar-refractivity contribution in [1.29, 1.82) is 0 Å². The number of nitrogens with zero attached hydrogens (tertiary/aromatic N) is 3. The van der Waals surface area contributed by atoms with Crippen molar-refractivity contribution in [3.8, 4) is 0 Å². The van der Waals surface area contributed by atoms with Crippen molar-refractivity contribution in [3.63, 3.8) is 0 Å². The van der Waals surface area contributed by atoms with Crippen LogP contribution in [0.15, 0.2) is 5.11 Å². The quantitative estimate of drug-likeness (QED) is 0.220. The Hall–Kier alpha value is -1.42. The van der Waals surface area contributed by atoms with E-state index in [0.717, 1.165) is 0 Å². The Labute approximate surface area is 101 Å². The molecule has 1 heterocycles. The second kappa shape index (κ2) is 5.48. The summed E-state index contributed by atoms with van der Waals surface area (Å²) >= 11 is 0. The van der Waals surface area contributed by atoms with Gasteiger partial charge in [-0.2, -0.15) is 0 Å². The summed E-state index contributed by atoms with van der Waals surface area (Å²) in [4.78, 5) is 13.2. The number of carboxylic acid groups (broad SMARTS) is 1. The van der Waals surface area contributed by atoms with E-state index in [1.165, 1.54) is 0 Å². The summed E-state index contributed by atoms with van der Waals surface area (Å²) in [5, 5.41) is 49.9. The number of aliphatic hydroxyl groups is 4. The maximum Gasteiger partial charge on any atom is 0.364 e. The molecule has 10 heteroatoms. The highest BCUT2D eigenvalue weighted by atomic mass is 16.7. The van der Waals surface area contributed by atoms with Gasteiger partial charge in [0.2, 0.25) is 0 Å². The number of carbonyl (C=O) groups is 1. The van der Waals surface area contributed by atoms with Crippen molar-refractivity contribution >= 4 is 5.97 Å². The van der Waals surface area contributed by atoms with Crippen LogP contribution in [0.4, 0.5) is 0 Å². The second-order valence-electron chi connectivity index (χ2n) is 3.91. The smallest absolute Gasteiger partial charge is 0.364 e. The number of ether oxygens (including phenoxy) is 1. The molecule has 0 aromatic carbocycles. The molecule has 0 aliphatic carbocycles. The van der Waals surface area contributed by atoms with Gasteiger partial charge in [-0.25, -0.2) is 4.79 Å². The minimum Gasteiger partial charge on any atom is -0.477 e. The summed E-state index contributed by atoms with van der Waals surface area (Å²) in [5.74, 6) is -4.46. The number of hydrogen-bond acceptors (Lipinski definition) is 7. The van der Waals surface area contributed by atoms with Gasteiger partial charge in [0.05, 0.1) is 18.8 Å². The van der Waals surface area contributed by atoms with E-state index in [2.05, 4.69) is 14.8 Å². The maximum absolute atomic E-state index is 10.8. The van der Waals surface area contributed by atoms with E-state index in [1.54, 1.807) is 0 Å². The van der Waals surface area contributed by atoms with Gasteiger partial charge >= 0.3 is 5.97 Å². The van der Waals surface area contributed by atoms with Gasteiger partial charge in [-0.3, -0.25) is 0 Å². The predicted molar refractivity (Wildman–Crippen MR) is 54.1 cm³/mol. The Balaban J connectivity index is 2.88. The minimum atomic E-state index is -2.71. The van der Waals surface area contributed by atoms with Gasteiger partial charge in [-0.05, 0) is 5.53 Å². The summed E-state index contributed by atoms with van der Waals surface area (Å²) in [5.41, 5.74) is 8.07. The maximum atomic E-state index is 10.8. The average Bonchev–Trinajstić information content (AvgIpc) is 2.30. The van der Waals surface area contributed by atoms with Crippen molar-refractivity contribution in [3.05, 3.63) is 10.4 Å². The zero-order chi connectivity index (χ0) is 13.9. The van der Waals surface area contributed by atoms with Crippen molar-refractivity contribution in [2.45, 2.75) is 36.6 Å². The molecule has 0 amide bonds. The molecule has 0 bridgehead atoms. The standard InChI is InChI=1S/C8H13N3O7/c9-11-10-2-4(13)6-5(14)3(12)1-8(17,18-6)7(15)16/h3-6,12-14,17H,1-2H2,(H,15,16)/t3-,4-,5-,6?,8?/m1/s1. The molecule has 0 aromatic heterocycles. The minimum absolute atomic E-state index is 0.499. The first-order chi connectivity index (χ1) is 8.31. The summed E-state index contributed by atoms with van der Waals surface area (Å²) in [6.07, 6.45) is -7.08. The van der Waals surface area contributed by atoms with Gasteiger partial charge in [0, 0.05) is 11.3 Å². The molecule has 0 radical (unpaired) electrons. The van der Waals surface area contributed by atoms with E-state index in [-0.39, 0.29) is 0 Å². The highest BCUT2D eigenvalue weighted by molar-refractivity contribution is 5.75. The number of rotatable bonds is 4. The normalized spacial score (nSPS) is 37.7. The number of aliphatic hydroxyl groups excluding tert-OH is 3. The molecule has 102 valence electrons. The van der Waals surface area contributed by atoms with Crippen LogP contribution in [-0.4, -0.2) is 68.2 Å². The fourth-order valence-electron chi connectivity index (χ4n) is 1.63. The summed E-state index contributed by atoms with van der Waals surface area (Å²) in [6.45, 7) is -0.499. The van der Waals surface area contributed by atoms with Gasteiger partial charge in [-0.15, -0.1) is 0 Å². The van der Waals surface area contributed by atoms with E-state index in [9.17, 15) is 25.2 Å². The summed E-state index contributed by atoms with van der Waals surface area (Å²) in [7, 11) is 0. The molecule has 0 saturated carbocycles. The average molecular weight is 263 g/mol. The van der Waals surface area contributed by atoms with Gasteiger partial charge in [0.25, 0.3) is 5.79 Å². The third-order valence-corrected chi connectivity index (χ3v) is 2.59. The zero-order valence-corrected chi connectivity index (χ0v) is 9.12. The van der Waals surface area contributed by atoms with Crippen LogP contribution < -0.4 is 0 Å². The monoisotopic (exact) mass is 263 g/mol. The lowest BCUT2D eigenvalue weighted by Gasteiger charge is -2.41. The van der Waals surface area contributed by atoms with Crippen LogP contribution in [0.5, 0.6) is 0 Å². The van der Waals surface area contributed by atoms with Crippen LogP contribution >= 0.6 is 0 Å². The molecule has 1 rings (SSSR count). The fraction of sp³-hybridized carbons (Fsp3) is 0.875. The van der Waals surface area contributed by atoms with Crippen molar-refractivity contribution < 1.29 is 35.1 Å². The van der Waals surface area contributed by atoms with Gasteiger partial charge in [0.1, 0.15) is 12.2 Å². The van der Waals surface area contributed by atoms with Gasteiger partial charge < -0.3 is 30.3 Å². The Kier molecular flexibility index (Phi) is 4.46. The van der Waals surface area contributed by atoms with Crippen LogP contribution in [0.3, 0.4) is 0 Å². The van der Waals surface area contributed by atoms with Crippen molar-refractivity contribution in [2.24, 2.45) is 5.11 Å². The van der Waals surface area contributed by atoms with Crippen LogP contribution in [0.2, 0.25) is 0 Å². The first-order valence-electron chi connectivity index (χ1n) is 5.00. The second-order valence-corrected chi connectivity index (χ2v) is 3.91. The Morgan fingerprint density at radius 1 is 1.61 bits per heavy atom. The van der Waals surface area contributed by atoms with Crippen molar-refractivity contribution in [1.82, 2.24) is 0 Å². The summed E-state index contributed by atoms with van der Waals surface area (Å²) < 4.78 is 4.69. The molecule has 0 aromatic rings. The molecule has 5 N–H and O–H groups in total. The lowest BCUT2D eigenvalue weighted by atomic mass is 9.92. The molecule has 1 aliphatic rings. The molecule has 0 spiro atoms. The predicted octanol–water partition coefficient (Wildman–Crippen LogP) is -2.06. The number of carboxylic acids is 1. The number of aliphatic carboxylic acids is 1. The van der Waals surface area contributed by atoms with Gasteiger partial charge in [-0.1, -0.05) is 5.11 Å². The van der Waals surface area contributed by atoms with Gasteiger partial charge in [0.15, 0.2) is 0 Å². The first kappa shape index (κ1) is 14.6. The number of azide groups is 1. The molecule has 18 heavy (non-hydrogen) atoms. The van der Waals surface area contributed by atoms with Crippen LogP contribution in [0.1, 0.15) is 6.42 Å². The molecule has 5 atom stereocenters. The zero-order valence-electron chi connectivity index (χ0n) is 9.12. The fourth-order valence-corrected chi connectivity index (χ4v) is 1.63. The molecule has 1 aliphatic heterocycles. The van der Waals surface area contributed by atoms with E-state index < -0.39 is 49.1 Å². The molecule has 1 fully saturated rings. The van der Waals surface area contributed by atoms with E-state index in [1.807, 2.05) is 0 Å². The SMILES string of the molecule is [N-]=[N+]=NC[C@@H](O)C1OC(O)(C(=O)O)C[C@@H](O)[C@H]1O. The third kappa shape index (κ3) is 2.88. The topological polar surface area (TPSA) is 176 Å². The lowest BCUT2D eigenvalue weighted by molar-refractivity contribution is -0.306. The van der Waals surface area contributed by atoms with Crippen LogP contribution in [0, 0.1) is 0 Å². The van der Waals surface area contributed by atoms with Crippen LogP contribution in [-0.2, 0) is 9.53 Å². The molecular weight excluding hydrogens is 250 g/mol. The Morgan fingerprint density at radius 3 is 2.72 bits per heavy atom. The Morgan fingerprint density at radius 2 is 2.22 bits per heavy atom. The largest absolute Gasteiger partial charge is 0.477 e. The van der Waals surface area contributed by atoms with E-state index in [4.69, 9.17) is 10.6 Å². The highest BCUT2D eigenvalue weighted by Gasteiger charge is 2.52. The first-order valence-corrected chi connectivity index (χ1v) is 5.00. The molecule has 1 saturated heterocycles. The van der Waals surface area contributed by atoms with Crippen molar-refractivity contribution in [2.75, 3.05) is 6.54 Å².